The zero-order valence-electron chi connectivity index (χ0n) is 12.3. The third-order valence-corrected chi connectivity index (χ3v) is 3.39. The fraction of sp³-hybridized carbons (Fsp3) is 0.0500. The lowest BCUT2D eigenvalue weighted by molar-refractivity contribution is 0.103. The Kier molecular flexibility index (Phi) is 4.01. The Bertz CT molecular complexity index is 792. The Morgan fingerprint density at radius 3 is 2.32 bits per heavy atom. The van der Waals surface area contributed by atoms with Crippen LogP contribution in [0.5, 0.6) is 11.5 Å². The van der Waals surface area contributed by atoms with Crippen LogP contribution in [0.25, 0.3) is 0 Å². The summed E-state index contributed by atoms with van der Waals surface area (Å²) in [6.45, 7) is 2.01. The lowest BCUT2D eigenvalue weighted by atomic mass is 10.0. The summed E-state index contributed by atoms with van der Waals surface area (Å²) >= 11 is 0. The molecule has 22 heavy (non-hydrogen) atoms. The minimum absolute atomic E-state index is 0.0381. The molecule has 0 aromatic heterocycles. The van der Waals surface area contributed by atoms with E-state index < -0.39 is 0 Å². The molecular formula is C20H16O2. The lowest BCUT2D eigenvalue weighted by Crippen LogP contribution is -2.03. The molecule has 0 aliphatic rings. The number of para-hydroxylation sites is 1. The predicted octanol–water partition coefficient (Wildman–Crippen LogP) is 5.02. The first-order valence-electron chi connectivity index (χ1n) is 7.17. The molecule has 0 N–H and O–H groups in total. The summed E-state index contributed by atoms with van der Waals surface area (Å²) in [5.41, 5.74) is 2.34. The lowest BCUT2D eigenvalue weighted by Gasteiger charge is -2.11. The van der Waals surface area contributed by atoms with Crippen LogP contribution in [-0.2, 0) is 0 Å². The standard InChI is InChI=1S/C20H16O2/c1-15-8-7-11-17(14-15)22-19-13-6-5-12-18(19)20(21)16-9-3-2-4-10-16/h2-14H,1H3. The summed E-state index contributed by atoms with van der Waals surface area (Å²) in [6, 6.07) is 24.3. The van der Waals surface area contributed by atoms with Gasteiger partial charge in [0.1, 0.15) is 11.5 Å². The molecule has 0 aliphatic carbocycles. The van der Waals surface area contributed by atoms with Crippen molar-refractivity contribution >= 4 is 5.78 Å². The van der Waals surface area contributed by atoms with E-state index in [0.29, 0.717) is 16.9 Å². The van der Waals surface area contributed by atoms with Crippen LogP contribution < -0.4 is 4.74 Å². The van der Waals surface area contributed by atoms with E-state index in [0.717, 1.165) is 11.3 Å². The fourth-order valence-corrected chi connectivity index (χ4v) is 2.29. The van der Waals surface area contributed by atoms with Crippen molar-refractivity contribution in [3.05, 3.63) is 95.6 Å². The van der Waals surface area contributed by atoms with Gasteiger partial charge in [-0.1, -0.05) is 54.6 Å². The van der Waals surface area contributed by atoms with Gasteiger partial charge in [-0.15, -0.1) is 0 Å². The smallest absolute Gasteiger partial charge is 0.196 e. The summed E-state index contributed by atoms with van der Waals surface area (Å²) < 4.78 is 5.91. The highest BCUT2D eigenvalue weighted by Gasteiger charge is 2.14. The van der Waals surface area contributed by atoms with Crippen molar-refractivity contribution < 1.29 is 9.53 Å². The van der Waals surface area contributed by atoms with Gasteiger partial charge in [-0.25, -0.2) is 0 Å². The summed E-state index contributed by atoms with van der Waals surface area (Å²) in [5, 5.41) is 0. The number of benzene rings is 3. The van der Waals surface area contributed by atoms with Crippen molar-refractivity contribution in [3.63, 3.8) is 0 Å². The maximum Gasteiger partial charge on any atom is 0.196 e. The molecule has 0 bridgehead atoms. The number of carbonyl (C=O) groups is 1. The quantitative estimate of drug-likeness (QED) is 0.630. The third kappa shape index (κ3) is 3.07. The molecular weight excluding hydrogens is 272 g/mol. The largest absolute Gasteiger partial charge is 0.457 e. The van der Waals surface area contributed by atoms with Crippen LogP contribution in [0.3, 0.4) is 0 Å². The second kappa shape index (κ2) is 6.27. The van der Waals surface area contributed by atoms with E-state index >= 15 is 0 Å². The molecule has 0 aliphatic heterocycles. The predicted molar refractivity (Wildman–Crippen MR) is 87.6 cm³/mol. The first kappa shape index (κ1) is 14.1. The molecule has 0 saturated carbocycles. The Labute approximate surface area is 130 Å². The molecule has 3 aromatic carbocycles. The SMILES string of the molecule is Cc1cccc(Oc2ccccc2C(=O)c2ccccc2)c1. The van der Waals surface area contributed by atoms with E-state index in [1.807, 2.05) is 79.7 Å². The number of hydrogen-bond donors (Lipinski definition) is 0. The molecule has 0 radical (unpaired) electrons. The number of hydrogen-bond acceptors (Lipinski definition) is 2. The number of ketones is 1. The summed E-state index contributed by atoms with van der Waals surface area (Å²) in [6.07, 6.45) is 0. The Morgan fingerprint density at radius 2 is 1.55 bits per heavy atom. The van der Waals surface area contributed by atoms with Crippen LogP contribution in [0.15, 0.2) is 78.9 Å². The van der Waals surface area contributed by atoms with Crippen molar-refractivity contribution in [2.45, 2.75) is 6.92 Å². The topological polar surface area (TPSA) is 26.3 Å². The summed E-state index contributed by atoms with van der Waals surface area (Å²) in [5.74, 6) is 1.26. The van der Waals surface area contributed by atoms with Gasteiger partial charge in [-0.3, -0.25) is 4.79 Å². The van der Waals surface area contributed by atoms with Gasteiger partial charge in [-0.05, 0) is 36.8 Å². The molecule has 3 rings (SSSR count). The van der Waals surface area contributed by atoms with Crippen LogP contribution in [0.1, 0.15) is 21.5 Å². The first-order valence-corrected chi connectivity index (χ1v) is 7.17. The fourth-order valence-electron chi connectivity index (χ4n) is 2.29. The van der Waals surface area contributed by atoms with Crippen molar-refractivity contribution in [2.75, 3.05) is 0 Å². The second-order valence-corrected chi connectivity index (χ2v) is 5.11. The van der Waals surface area contributed by atoms with Gasteiger partial charge in [0.2, 0.25) is 0 Å². The first-order chi connectivity index (χ1) is 10.7. The van der Waals surface area contributed by atoms with Gasteiger partial charge in [0, 0.05) is 5.56 Å². The normalized spacial score (nSPS) is 10.2. The molecule has 108 valence electrons. The van der Waals surface area contributed by atoms with Gasteiger partial charge in [-0.2, -0.15) is 0 Å². The molecule has 0 amide bonds. The number of ether oxygens (including phenoxy) is 1. The highest BCUT2D eigenvalue weighted by molar-refractivity contribution is 6.10. The molecule has 0 saturated heterocycles. The maximum absolute atomic E-state index is 12.6. The third-order valence-electron chi connectivity index (χ3n) is 3.39. The zero-order valence-corrected chi connectivity index (χ0v) is 12.3. The van der Waals surface area contributed by atoms with Gasteiger partial charge < -0.3 is 4.74 Å². The number of rotatable bonds is 4. The average molecular weight is 288 g/mol. The molecule has 2 nitrogen and oxygen atoms in total. The van der Waals surface area contributed by atoms with Crippen LogP contribution in [0.2, 0.25) is 0 Å². The minimum atomic E-state index is -0.0381. The molecule has 0 atom stereocenters. The van der Waals surface area contributed by atoms with Gasteiger partial charge in [0.25, 0.3) is 0 Å². The van der Waals surface area contributed by atoms with Crippen LogP contribution in [0, 0.1) is 6.92 Å². The Hall–Kier alpha value is -2.87. The minimum Gasteiger partial charge on any atom is -0.457 e. The highest BCUT2D eigenvalue weighted by atomic mass is 16.5. The van der Waals surface area contributed by atoms with Gasteiger partial charge >= 0.3 is 0 Å². The molecule has 2 heteroatoms. The van der Waals surface area contributed by atoms with Crippen molar-refractivity contribution in [3.8, 4) is 11.5 Å². The molecule has 0 heterocycles. The zero-order chi connectivity index (χ0) is 15.4. The van der Waals surface area contributed by atoms with E-state index in [1.54, 1.807) is 6.07 Å². The van der Waals surface area contributed by atoms with Crippen molar-refractivity contribution in [1.29, 1.82) is 0 Å². The van der Waals surface area contributed by atoms with Crippen molar-refractivity contribution in [2.24, 2.45) is 0 Å². The Morgan fingerprint density at radius 1 is 0.818 bits per heavy atom. The van der Waals surface area contributed by atoms with Gasteiger partial charge in [0.15, 0.2) is 5.78 Å². The van der Waals surface area contributed by atoms with Crippen molar-refractivity contribution in [1.82, 2.24) is 0 Å². The van der Waals surface area contributed by atoms with E-state index in [4.69, 9.17) is 4.74 Å². The summed E-state index contributed by atoms with van der Waals surface area (Å²) in [4.78, 5) is 12.6. The number of aryl methyl sites for hydroxylation is 1. The van der Waals surface area contributed by atoms with Crippen LogP contribution in [0.4, 0.5) is 0 Å². The second-order valence-electron chi connectivity index (χ2n) is 5.11. The monoisotopic (exact) mass is 288 g/mol. The van der Waals surface area contributed by atoms with E-state index in [9.17, 15) is 4.79 Å². The van der Waals surface area contributed by atoms with E-state index in [-0.39, 0.29) is 5.78 Å². The molecule has 3 aromatic rings. The van der Waals surface area contributed by atoms with Gasteiger partial charge in [0.05, 0.1) is 5.56 Å². The highest BCUT2D eigenvalue weighted by Crippen LogP contribution is 2.27. The van der Waals surface area contributed by atoms with E-state index in [2.05, 4.69) is 0 Å². The van der Waals surface area contributed by atoms with E-state index in [1.165, 1.54) is 0 Å². The Balaban J connectivity index is 1.95. The van der Waals surface area contributed by atoms with Crippen LogP contribution in [-0.4, -0.2) is 5.78 Å². The molecule has 0 unspecified atom stereocenters. The average Bonchev–Trinajstić information content (AvgIpc) is 2.56. The summed E-state index contributed by atoms with van der Waals surface area (Å²) in [7, 11) is 0. The molecule has 0 fully saturated rings. The molecule has 0 spiro atoms. The number of carbonyl (C=O) groups excluding carboxylic acids is 1. The maximum atomic E-state index is 12.6. The van der Waals surface area contributed by atoms with Crippen LogP contribution >= 0.6 is 0 Å².